The average Bonchev–Trinajstić information content (AvgIpc) is 3.30. The Labute approximate surface area is 231 Å². The minimum atomic E-state index is -0.585. The van der Waals surface area contributed by atoms with Crippen molar-refractivity contribution in [2.45, 2.75) is 78.4 Å². The van der Waals surface area contributed by atoms with Crippen LogP contribution in [0.4, 0.5) is 4.79 Å². The fourth-order valence-corrected chi connectivity index (χ4v) is 5.43. The molecule has 0 saturated carbocycles. The molecule has 0 radical (unpaired) electrons. The summed E-state index contributed by atoms with van der Waals surface area (Å²) in [5.41, 5.74) is 3.54. The van der Waals surface area contributed by atoms with E-state index < -0.39 is 11.2 Å². The molecule has 1 aliphatic heterocycles. The van der Waals surface area contributed by atoms with Crippen molar-refractivity contribution in [2.75, 3.05) is 20.2 Å². The third kappa shape index (κ3) is 6.64. The van der Waals surface area contributed by atoms with Crippen molar-refractivity contribution in [3.63, 3.8) is 0 Å². The number of hydrogen-bond acceptors (Lipinski definition) is 6. The van der Waals surface area contributed by atoms with Crippen molar-refractivity contribution in [3.8, 4) is 5.75 Å². The predicted octanol–water partition coefficient (Wildman–Crippen LogP) is 6.63. The molecule has 1 saturated heterocycles. The van der Waals surface area contributed by atoms with Gasteiger partial charge in [0.05, 0.1) is 18.2 Å². The van der Waals surface area contributed by atoms with Crippen molar-refractivity contribution >= 4 is 23.0 Å². The number of nitrogens with zero attached hydrogens (tertiary/aromatic N) is 1. The van der Waals surface area contributed by atoms with Gasteiger partial charge in [-0.2, -0.15) is 0 Å². The highest BCUT2D eigenvalue weighted by Gasteiger charge is 2.30. The quantitative estimate of drug-likeness (QED) is 0.370. The van der Waals surface area contributed by atoms with Crippen molar-refractivity contribution in [1.82, 2.24) is 9.88 Å². The zero-order valence-electron chi connectivity index (χ0n) is 24.5. The number of benzene rings is 2. The van der Waals surface area contributed by atoms with E-state index in [0.29, 0.717) is 11.5 Å². The molecule has 7 heteroatoms. The lowest BCUT2D eigenvalue weighted by atomic mass is 9.77. The Morgan fingerprint density at radius 1 is 1.00 bits per heavy atom. The summed E-state index contributed by atoms with van der Waals surface area (Å²) in [6, 6.07) is 11.8. The minimum absolute atomic E-state index is 0.264. The first kappa shape index (κ1) is 28.7. The molecule has 3 aromatic rings. The van der Waals surface area contributed by atoms with E-state index in [1.165, 1.54) is 5.56 Å². The lowest BCUT2D eigenvalue weighted by Gasteiger charge is -2.33. The van der Waals surface area contributed by atoms with E-state index in [4.69, 9.17) is 14.2 Å². The van der Waals surface area contributed by atoms with Crippen LogP contribution in [-0.4, -0.2) is 48.0 Å². The van der Waals surface area contributed by atoms with Crippen LogP contribution in [0.25, 0.3) is 10.9 Å². The second-order valence-electron chi connectivity index (χ2n) is 12.5. The molecule has 2 atom stereocenters. The Hall–Kier alpha value is -3.32. The van der Waals surface area contributed by atoms with Crippen LogP contribution in [0.2, 0.25) is 0 Å². The van der Waals surface area contributed by atoms with Gasteiger partial charge in [-0.25, -0.2) is 9.59 Å². The van der Waals surface area contributed by atoms with Crippen LogP contribution < -0.4 is 10.1 Å². The second-order valence-corrected chi connectivity index (χ2v) is 12.5. The molecule has 4 rings (SSSR count). The summed E-state index contributed by atoms with van der Waals surface area (Å²) in [5, 5.41) is 4.55. The monoisotopic (exact) mass is 534 g/mol. The summed E-state index contributed by atoms with van der Waals surface area (Å²) < 4.78 is 18.7. The molecule has 210 valence electrons. The normalized spacial score (nSPS) is 18.2. The highest BCUT2D eigenvalue weighted by molar-refractivity contribution is 5.95. The van der Waals surface area contributed by atoms with Crippen LogP contribution in [0.3, 0.4) is 0 Å². The zero-order chi connectivity index (χ0) is 28.5. The Morgan fingerprint density at radius 3 is 2.28 bits per heavy atom. The minimum Gasteiger partial charge on any atom is -0.496 e. The van der Waals surface area contributed by atoms with E-state index in [9.17, 15) is 9.59 Å². The molecule has 0 bridgehead atoms. The van der Waals surface area contributed by atoms with Crippen LogP contribution >= 0.6 is 0 Å². The largest absolute Gasteiger partial charge is 0.496 e. The summed E-state index contributed by atoms with van der Waals surface area (Å²) in [7, 11) is 1.70. The Kier molecular flexibility index (Phi) is 8.12. The first-order valence-corrected chi connectivity index (χ1v) is 13.7. The number of rotatable bonds is 5. The van der Waals surface area contributed by atoms with Gasteiger partial charge >= 0.3 is 12.1 Å². The van der Waals surface area contributed by atoms with Gasteiger partial charge in [0.25, 0.3) is 0 Å². The van der Waals surface area contributed by atoms with E-state index in [-0.39, 0.29) is 18.0 Å². The van der Waals surface area contributed by atoms with Gasteiger partial charge in [-0.1, -0.05) is 12.1 Å². The summed E-state index contributed by atoms with van der Waals surface area (Å²) >= 11 is 0. The first-order chi connectivity index (χ1) is 18.3. The molecule has 0 unspecified atom stereocenters. The van der Waals surface area contributed by atoms with Gasteiger partial charge in [0.15, 0.2) is 0 Å². The molecular weight excluding hydrogens is 492 g/mol. The van der Waals surface area contributed by atoms with Crippen LogP contribution in [0.5, 0.6) is 5.75 Å². The van der Waals surface area contributed by atoms with Gasteiger partial charge in [0.1, 0.15) is 17.0 Å². The van der Waals surface area contributed by atoms with E-state index in [0.717, 1.165) is 53.7 Å². The maximum atomic E-state index is 13.0. The topological polar surface area (TPSA) is 78.8 Å². The Morgan fingerprint density at radius 2 is 1.67 bits per heavy atom. The van der Waals surface area contributed by atoms with E-state index in [2.05, 4.69) is 5.32 Å². The highest BCUT2D eigenvalue weighted by Crippen LogP contribution is 2.39. The number of esters is 1. The van der Waals surface area contributed by atoms with Crippen LogP contribution in [0.15, 0.2) is 42.6 Å². The van der Waals surface area contributed by atoms with Gasteiger partial charge < -0.3 is 19.5 Å². The molecule has 0 amide bonds. The maximum absolute atomic E-state index is 13.0. The van der Waals surface area contributed by atoms with Gasteiger partial charge in [0, 0.05) is 23.7 Å². The number of methoxy groups -OCH3 is 1. The molecule has 7 nitrogen and oxygen atoms in total. The van der Waals surface area contributed by atoms with E-state index in [1.54, 1.807) is 17.9 Å². The van der Waals surface area contributed by atoms with Crippen LogP contribution in [0.1, 0.15) is 80.9 Å². The molecular formula is C32H42N2O5. The third-order valence-corrected chi connectivity index (χ3v) is 7.11. The molecule has 1 aromatic heterocycles. The molecule has 1 fully saturated rings. The summed E-state index contributed by atoms with van der Waals surface area (Å²) in [5.74, 6) is 1.14. The summed E-state index contributed by atoms with van der Waals surface area (Å²) in [6.45, 7) is 15.0. The number of hydrogen-bond donors (Lipinski definition) is 1. The van der Waals surface area contributed by atoms with Gasteiger partial charge in [-0.3, -0.25) is 4.57 Å². The van der Waals surface area contributed by atoms with Crippen molar-refractivity contribution < 1.29 is 23.8 Å². The average molecular weight is 535 g/mol. The molecule has 39 heavy (non-hydrogen) atoms. The number of ether oxygens (including phenoxy) is 3. The Balaban J connectivity index is 1.65. The standard InChI is InChI=1S/C32H42N2O5/c1-20-17-27(37-8)25(24-14-16-34(28(20)24)30(36)39-32(5,6)7)18-23-13-15-33-19-26(23)21-9-11-22(12-10-21)29(35)38-31(2,3)4/h9-12,14,16-17,23,26,33H,13,15,18-19H2,1-8H3/t23-,26-/m0/s1. The molecule has 0 aliphatic carbocycles. The molecule has 1 N–H and O–H groups in total. The number of aryl methyl sites for hydroxylation is 1. The number of carbonyl (C=O) groups is 2. The highest BCUT2D eigenvalue weighted by atomic mass is 16.6. The van der Waals surface area contributed by atoms with Crippen molar-refractivity contribution in [2.24, 2.45) is 5.92 Å². The molecule has 2 heterocycles. The van der Waals surface area contributed by atoms with E-state index >= 15 is 0 Å². The number of nitrogens with one attached hydrogen (secondary N) is 1. The summed E-state index contributed by atoms with van der Waals surface area (Å²) in [6.07, 6.45) is 3.22. The lowest BCUT2D eigenvalue weighted by Crippen LogP contribution is -2.36. The first-order valence-electron chi connectivity index (χ1n) is 13.7. The molecule has 2 aromatic carbocycles. The number of fused-ring (bicyclic) bond motifs is 1. The van der Waals surface area contributed by atoms with Crippen LogP contribution in [0, 0.1) is 12.8 Å². The second kappa shape index (κ2) is 11.0. The Bertz CT molecular complexity index is 1340. The molecule has 1 aliphatic rings. The lowest BCUT2D eigenvalue weighted by molar-refractivity contribution is 0.00692. The van der Waals surface area contributed by atoms with Crippen molar-refractivity contribution in [3.05, 3.63) is 64.8 Å². The van der Waals surface area contributed by atoms with Crippen molar-refractivity contribution in [1.29, 1.82) is 0 Å². The van der Waals surface area contributed by atoms with Gasteiger partial charge in [0.2, 0.25) is 0 Å². The van der Waals surface area contributed by atoms with Crippen LogP contribution in [-0.2, 0) is 15.9 Å². The zero-order valence-corrected chi connectivity index (χ0v) is 24.5. The maximum Gasteiger partial charge on any atom is 0.419 e. The number of aromatic nitrogens is 1. The predicted molar refractivity (Wildman–Crippen MR) is 154 cm³/mol. The van der Waals surface area contributed by atoms with Gasteiger partial charge in [-0.15, -0.1) is 0 Å². The fraction of sp³-hybridized carbons (Fsp3) is 0.500. The van der Waals surface area contributed by atoms with E-state index in [1.807, 2.05) is 84.9 Å². The molecule has 0 spiro atoms. The fourth-order valence-electron chi connectivity index (χ4n) is 5.43. The number of piperidine rings is 1. The summed E-state index contributed by atoms with van der Waals surface area (Å²) in [4.78, 5) is 25.5. The van der Waals surface area contributed by atoms with Gasteiger partial charge in [-0.05, 0) is 115 Å². The smallest absolute Gasteiger partial charge is 0.419 e. The third-order valence-electron chi connectivity index (χ3n) is 7.11. The number of carbonyl (C=O) groups excluding carboxylic acids is 2. The SMILES string of the molecule is COc1cc(C)c2c(ccn2C(=O)OC(C)(C)C)c1C[C@@H]1CCNC[C@H]1c1ccc(C(=O)OC(C)(C)C)cc1.